The van der Waals surface area contributed by atoms with Crippen molar-refractivity contribution in [2.24, 2.45) is 0 Å². The lowest BCUT2D eigenvalue weighted by Gasteiger charge is -2.03. The molecule has 0 saturated carbocycles. The molecule has 0 aromatic carbocycles. The van der Waals surface area contributed by atoms with E-state index in [0.29, 0.717) is 6.61 Å². The molecule has 0 amide bonds. The minimum atomic E-state index is -4.16. The fourth-order valence-corrected chi connectivity index (χ4v) is 3.37. The van der Waals surface area contributed by atoms with Crippen LogP contribution in [0.3, 0.4) is 0 Å². The standard InChI is InChI=1S/C22H46O.CH4O4S/c1-2-3-4-5-6-7-8-9-10-11-12-13-14-15-16-17-18-19-20-21-22-23;1-5-6(2,3)4/h23H,2-22H2,1H3;1H3,(H,2,3,4). The number of unbranched alkanes of at least 4 members (excludes halogenated alkanes) is 19. The van der Waals surface area contributed by atoms with E-state index in [1.165, 1.54) is 122 Å². The van der Waals surface area contributed by atoms with E-state index >= 15 is 0 Å². The summed E-state index contributed by atoms with van der Waals surface area (Å²) >= 11 is 0. The molecular weight excluding hydrogens is 388 g/mol. The first kappa shape index (κ1) is 31.0. The number of rotatable bonds is 21. The van der Waals surface area contributed by atoms with E-state index in [4.69, 9.17) is 9.66 Å². The zero-order valence-corrected chi connectivity index (χ0v) is 20.2. The Kier molecular flexibility index (Phi) is 27.7. The summed E-state index contributed by atoms with van der Waals surface area (Å²) in [5.74, 6) is 0. The molecule has 178 valence electrons. The molecule has 0 aliphatic rings. The van der Waals surface area contributed by atoms with Gasteiger partial charge in [0, 0.05) is 6.61 Å². The Labute approximate surface area is 182 Å². The lowest BCUT2D eigenvalue weighted by atomic mass is 10.0. The lowest BCUT2D eigenvalue weighted by Crippen LogP contribution is -1.96. The summed E-state index contributed by atoms with van der Waals surface area (Å²) in [6, 6.07) is 0. The van der Waals surface area contributed by atoms with Crippen LogP contribution in [0.1, 0.15) is 135 Å². The summed E-state index contributed by atoms with van der Waals surface area (Å²) in [5, 5.41) is 8.71. The molecule has 2 N–H and O–H groups in total. The van der Waals surface area contributed by atoms with Crippen LogP contribution in [-0.4, -0.2) is 31.8 Å². The summed E-state index contributed by atoms with van der Waals surface area (Å²) in [6.07, 6.45) is 28.1. The molecule has 0 spiro atoms. The molecule has 0 fully saturated rings. The molecule has 0 aromatic rings. The predicted molar refractivity (Wildman–Crippen MR) is 124 cm³/mol. The van der Waals surface area contributed by atoms with Crippen molar-refractivity contribution >= 4 is 10.4 Å². The van der Waals surface area contributed by atoms with Gasteiger partial charge in [0.15, 0.2) is 0 Å². The van der Waals surface area contributed by atoms with Crippen molar-refractivity contribution in [1.29, 1.82) is 0 Å². The van der Waals surface area contributed by atoms with E-state index in [-0.39, 0.29) is 0 Å². The quantitative estimate of drug-likeness (QED) is 0.146. The second-order valence-electron chi connectivity index (χ2n) is 8.04. The topological polar surface area (TPSA) is 83.8 Å². The first-order chi connectivity index (χ1) is 14.0. The van der Waals surface area contributed by atoms with Crippen LogP contribution in [0.5, 0.6) is 0 Å². The van der Waals surface area contributed by atoms with Crippen LogP contribution in [-0.2, 0) is 14.6 Å². The van der Waals surface area contributed by atoms with Gasteiger partial charge in [-0.25, -0.2) is 0 Å². The Balaban J connectivity index is 0. The van der Waals surface area contributed by atoms with Gasteiger partial charge in [-0.1, -0.05) is 129 Å². The minimum Gasteiger partial charge on any atom is -0.396 e. The average Bonchev–Trinajstić information content (AvgIpc) is 2.69. The average molecular weight is 439 g/mol. The smallest absolute Gasteiger partial charge is 0.396 e. The third kappa shape index (κ3) is 35.6. The summed E-state index contributed by atoms with van der Waals surface area (Å²) < 4.78 is 29.7. The molecule has 0 bridgehead atoms. The molecule has 0 aliphatic carbocycles. The highest BCUT2D eigenvalue weighted by molar-refractivity contribution is 7.80. The molecule has 0 aliphatic heterocycles. The normalized spacial score (nSPS) is 11.3. The summed E-state index contributed by atoms with van der Waals surface area (Å²) in [4.78, 5) is 0. The van der Waals surface area contributed by atoms with Crippen molar-refractivity contribution in [1.82, 2.24) is 0 Å². The predicted octanol–water partition coefficient (Wildman–Crippen LogP) is 7.24. The van der Waals surface area contributed by atoms with Gasteiger partial charge in [0.1, 0.15) is 0 Å². The van der Waals surface area contributed by atoms with Crippen LogP contribution < -0.4 is 0 Å². The van der Waals surface area contributed by atoms with Crippen molar-refractivity contribution in [3.63, 3.8) is 0 Å². The van der Waals surface area contributed by atoms with E-state index in [1.54, 1.807) is 0 Å². The maximum Gasteiger partial charge on any atom is 0.397 e. The summed E-state index contributed by atoms with van der Waals surface area (Å²) in [6.45, 7) is 2.67. The van der Waals surface area contributed by atoms with Crippen LogP contribution in [0.25, 0.3) is 0 Å². The third-order valence-electron chi connectivity index (χ3n) is 5.22. The molecule has 29 heavy (non-hydrogen) atoms. The highest BCUT2D eigenvalue weighted by Crippen LogP contribution is 2.14. The van der Waals surface area contributed by atoms with E-state index < -0.39 is 10.4 Å². The molecule has 0 atom stereocenters. The highest BCUT2D eigenvalue weighted by atomic mass is 32.3. The van der Waals surface area contributed by atoms with E-state index in [0.717, 1.165) is 13.5 Å². The van der Waals surface area contributed by atoms with Gasteiger partial charge >= 0.3 is 10.4 Å². The fourth-order valence-electron chi connectivity index (χ4n) is 3.37. The Morgan fingerprint density at radius 3 is 0.931 bits per heavy atom. The van der Waals surface area contributed by atoms with Crippen LogP contribution in [0.15, 0.2) is 0 Å². The van der Waals surface area contributed by atoms with Gasteiger partial charge in [0.05, 0.1) is 7.11 Å². The summed E-state index contributed by atoms with van der Waals surface area (Å²) in [5.41, 5.74) is 0. The Morgan fingerprint density at radius 1 is 0.552 bits per heavy atom. The zero-order valence-electron chi connectivity index (χ0n) is 19.4. The van der Waals surface area contributed by atoms with Crippen molar-refractivity contribution in [3.05, 3.63) is 0 Å². The van der Waals surface area contributed by atoms with Crippen molar-refractivity contribution < 1.29 is 22.3 Å². The van der Waals surface area contributed by atoms with Gasteiger partial charge in [0.2, 0.25) is 0 Å². The number of hydrogen-bond donors (Lipinski definition) is 2. The van der Waals surface area contributed by atoms with Crippen LogP contribution in [0.2, 0.25) is 0 Å². The monoisotopic (exact) mass is 438 g/mol. The van der Waals surface area contributed by atoms with Gasteiger partial charge in [-0.2, -0.15) is 8.42 Å². The van der Waals surface area contributed by atoms with E-state index in [9.17, 15) is 8.42 Å². The van der Waals surface area contributed by atoms with Gasteiger partial charge in [-0.15, -0.1) is 0 Å². The minimum absolute atomic E-state index is 0.374. The molecule has 0 aromatic heterocycles. The second-order valence-corrected chi connectivity index (χ2v) is 9.22. The zero-order chi connectivity index (χ0) is 22.1. The van der Waals surface area contributed by atoms with Crippen molar-refractivity contribution in [2.45, 2.75) is 135 Å². The van der Waals surface area contributed by atoms with Gasteiger partial charge < -0.3 is 5.11 Å². The molecule has 0 unspecified atom stereocenters. The first-order valence-electron chi connectivity index (χ1n) is 12.1. The van der Waals surface area contributed by atoms with Crippen LogP contribution >= 0.6 is 0 Å². The van der Waals surface area contributed by atoms with Crippen molar-refractivity contribution in [3.8, 4) is 0 Å². The van der Waals surface area contributed by atoms with Gasteiger partial charge in [-0.05, 0) is 6.42 Å². The lowest BCUT2D eigenvalue weighted by molar-refractivity contribution is 0.282. The fraction of sp³-hybridized carbons (Fsp3) is 1.00. The third-order valence-corrected chi connectivity index (χ3v) is 5.64. The van der Waals surface area contributed by atoms with E-state index in [1.807, 2.05) is 0 Å². The Morgan fingerprint density at radius 2 is 0.759 bits per heavy atom. The Bertz CT molecular complexity index is 365. The van der Waals surface area contributed by atoms with Gasteiger partial charge in [0.25, 0.3) is 0 Å². The molecule has 0 saturated heterocycles. The number of hydrogen-bond acceptors (Lipinski definition) is 4. The van der Waals surface area contributed by atoms with Crippen molar-refractivity contribution in [2.75, 3.05) is 13.7 Å². The van der Waals surface area contributed by atoms with E-state index in [2.05, 4.69) is 11.1 Å². The van der Waals surface area contributed by atoms with Crippen LogP contribution in [0.4, 0.5) is 0 Å². The van der Waals surface area contributed by atoms with Crippen LogP contribution in [0, 0.1) is 0 Å². The Hall–Kier alpha value is -0.170. The molecular formula is C23H50O5S. The van der Waals surface area contributed by atoms with Gasteiger partial charge in [-0.3, -0.25) is 8.74 Å². The highest BCUT2D eigenvalue weighted by Gasteiger charge is 1.95. The second kappa shape index (κ2) is 25.9. The maximum absolute atomic E-state index is 9.33. The molecule has 0 radical (unpaired) electrons. The SMILES string of the molecule is CCCCCCCCCCCCCCCCCCCCCCO.COS(=O)(=O)O. The molecule has 5 nitrogen and oxygen atoms in total. The number of aliphatic hydroxyl groups excluding tert-OH is 1. The largest absolute Gasteiger partial charge is 0.397 e. The number of aliphatic hydroxyl groups is 1. The molecule has 0 rings (SSSR count). The molecule has 0 heterocycles. The molecule has 6 heteroatoms. The maximum atomic E-state index is 9.33. The summed E-state index contributed by atoms with van der Waals surface area (Å²) in [7, 11) is -3.29. The first-order valence-corrected chi connectivity index (χ1v) is 13.5.